The van der Waals surface area contributed by atoms with Crippen LogP contribution in [0, 0.1) is 0 Å². The lowest BCUT2D eigenvalue weighted by Crippen LogP contribution is -2.42. The van der Waals surface area contributed by atoms with Crippen LogP contribution in [-0.2, 0) is 5.60 Å². The number of hydrogen-bond acceptors (Lipinski definition) is 2. The fraction of sp³-hybridized carbons (Fsp3) is 0.167. The largest absolute Gasteiger partial charge is 0.426 e. The summed E-state index contributed by atoms with van der Waals surface area (Å²) in [6.07, 6.45) is -4.78. The number of benzene rings is 1. The minimum atomic E-state index is -4.78. The highest BCUT2D eigenvalue weighted by molar-refractivity contribution is 9.10. The van der Waals surface area contributed by atoms with E-state index >= 15 is 0 Å². The van der Waals surface area contributed by atoms with Crippen LogP contribution in [0.1, 0.15) is 10.4 Å². The van der Waals surface area contributed by atoms with E-state index in [-0.39, 0.29) is 10.4 Å². The molecule has 18 heavy (non-hydrogen) atoms. The molecule has 1 aromatic heterocycles. The summed E-state index contributed by atoms with van der Waals surface area (Å²) in [6, 6.07) is 8.36. The maximum Gasteiger partial charge on any atom is 0.426 e. The van der Waals surface area contributed by atoms with E-state index in [1.54, 1.807) is 6.07 Å². The van der Waals surface area contributed by atoms with E-state index < -0.39 is 11.8 Å². The van der Waals surface area contributed by atoms with Crippen molar-refractivity contribution >= 4 is 27.3 Å². The second kappa shape index (κ2) is 4.68. The number of rotatable bonds is 2. The molecule has 0 saturated carbocycles. The van der Waals surface area contributed by atoms with Crippen molar-refractivity contribution in [1.29, 1.82) is 0 Å². The molecule has 1 atom stereocenters. The van der Waals surface area contributed by atoms with Gasteiger partial charge in [0.25, 0.3) is 0 Å². The second-order valence-corrected chi connectivity index (χ2v) is 5.56. The molecule has 0 bridgehead atoms. The van der Waals surface area contributed by atoms with E-state index in [2.05, 4.69) is 15.9 Å². The van der Waals surface area contributed by atoms with Gasteiger partial charge in [-0.15, -0.1) is 11.3 Å². The van der Waals surface area contributed by atoms with Crippen LogP contribution in [0.5, 0.6) is 0 Å². The van der Waals surface area contributed by atoms with Crippen LogP contribution in [0.4, 0.5) is 13.2 Å². The van der Waals surface area contributed by atoms with E-state index in [1.807, 2.05) is 0 Å². The molecule has 0 aliphatic rings. The van der Waals surface area contributed by atoms with Crippen LogP contribution < -0.4 is 0 Å². The van der Waals surface area contributed by atoms with Crippen molar-refractivity contribution in [2.75, 3.05) is 0 Å². The number of halogens is 4. The van der Waals surface area contributed by atoms with Crippen LogP contribution in [0.25, 0.3) is 0 Å². The van der Waals surface area contributed by atoms with Crippen molar-refractivity contribution in [1.82, 2.24) is 0 Å². The van der Waals surface area contributed by atoms with Gasteiger partial charge in [-0.1, -0.05) is 34.1 Å². The van der Waals surface area contributed by atoms with E-state index in [0.29, 0.717) is 4.47 Å². The average Bonchev–Trinajstić information content (AvgIpc) is 2.80. The van der Waals surface area contributed by atoms with Gasteiger partial charge in [-0.2, -0.15) is 13.2 Å². The summed E-state index contributed by atoms with van der Waals surface area (Å²) in [4.78, 5) is -0.145. The van der Waals surface area contributed by atoms with E-state index in [9.17, 15) is 18.3 Å². The Bertz CT molecular complexity index is 539. The summed E-state index contributed by atoms with van der Waals surface area (Å²) in [5.74, 6) is 0. The molecule has 0 spiro atoms. The van der Waals surface area contributed by atoms with Crippen LogP contribution in [0.15, 0.2) is 46.3 Å². The first-order valence-electron chi connectivity index (χ1n) is 4.95. The van der Waals surface area contributed by atoms with Gasteiger partial charge in [0.05, 0.1) is 0 Å². The topological polar surface area (TPSA) is 20.2 Å². The fourth-order valence-corrected chi connectivity index (χ4v) is 2.91. The van der Waals surface area contributed by atoms with Gasteiger partial charge in [-0.05, 0) is 29.1 Å². The molecule has 1 unspecified atom stereocenters. The number of thiophene rings is 1. The van der Waals surface area contributed by atoms with Gasteiger partial charge in [0.1, 0.15) is 0 Å². The lowest BCUT2D eigenvalue weighted by Gasteiger charge is -2.30. The van der Waals surface area contributed by atoms with Crippen molar-refractivity contribution in [3.05, 3.63) is 56.7 Å². The Morgan fingerprint density at radius 1 is 1.11 bits per heavy atom. The zero-order valence-electron chi connectivity index (χ0n) is 8.91. The summed E-state index contributed by atoms with van der Waals surface area (Å²) in [6.45, 7) is 0. The maximum absolute atomic E-state index is 13.2. The number of hydrogen-bond donors (Lipinski definition) is 1. The van der Waals surface area contributed by atoms with Gasteiger partial charge in [-0.3, -0.25) is 0 Å². The molecular formula is C12H8BrF3OS. The lowest BCUT2D eigenvalue weighted by atomic mass is 9.91. The van der Waals surface area contributed by atoms with Gasteiger partial charge in [0.2, 0.25) is 5.60 Å². The van der Waals surface area contributed by atoms with Gasteiger partial charge >= 0.3 is 6.18 Å². The Morgan fingerprint density at radius 2 is 1.83 bits per heavy atom. The van der Waals surface area contributed by atoms with E-state index in [0.717, 1.165) is 11.3 Å². The van der Waals surface area contributed by atoms with Crippen molar-refractivity contribution in [3.8, 4) is 0 Å². The van der Waals surface area contributed by atoms with Crippen LogP contribution in [0.3, 0.4) is 0 Å². The zero-order valence-corrected chi connectivity index (χ0v) is 11.3. The molecule has 0 fully saturated rings. The molecule has 1 aromatic carbocycles. The third-order valence-corrected chi connectivity index (χ3v) is 4.00. The van der Waals surface area contributed by atoms with Crippen molar-refractivity contribution in [2.24, 2.45) is 0 Å². The normalized spacial score (nSPS) is 15.4. The van der Waals surface area contributed by atoms with Gasteiger partial charge in [-0.25, -0.2) is 0 Å². The van der Waals surface area contributed by atoms with E-state index in [4.69, 9.17) is 0 Å². The standard InChI is InChI=1S/C12H8BrF3OS/c13-9-4-1-3-8(7-9)11(17,12(14,15)16)10-5-2-6-18-10/h1-7,17H. The predicted octanol–water partition coefficient (Wildman–Crippen LogP) is 4.31. The Morgan fingerprint density at radius 3 is 2.33 bits per heavy atom. The summed E-state index contributed by atoms with van der Waals surface area (Å²) >= 11 is 3.98. The van der Waals surface area contributed by atoms with Crippen molar-refractivity contribution < 1.29 is 18.3 Å². The SMILES string of the molecule is OC(c1cccc(Br)c1)(c1cccs1)C(F)(F)F. The Hall–Kier alpha value is -0.850. The molecule has 96 valence electrons. The highest BCUT2D eigenvalue weighted by atomic mass is 79.9. The second-order valence-electron chi connectivity index (χ2n) is 3.70. The maximum atomic E-state index is 13.2. The minimum absolute atomic E-state index is 0.145. The molecule has 1 N–H and O–H groups in total. The zero-order chi connectivity index (χ0) is 13.4. The monoisotopic (exact) mass is 336 g/mol. The fourth-order valence-electron chi connectivity index (χ4n) is 1.64. The molecule has 0 amide bonds. The average molecular weight is 337 g/mol. The first kappa shape index (κ1) is 13.6. The summed E-state index contributed by atoms with van der Waals surface area (Å²) in [7, 11) is 0. The lowest BCUT2D eigenvalue weighted by molar-refractivity contribution is -0.247. The molecule has 1 heterocycles. The Balaban J connectivity index is 2.64. The van der Waals surface area contributed by atoms with E-state index in [1.165, 1.54) is 35.7 Å². The number of aliphatic hydroxyl groups is 1. The summed E-state index contributed by atoms with van der Waals surface area (Å²) in [5.41, 5.74) is -3.17. The molecule has 2 aromatic rings. The molecular weight excluding hydrogens is 329 g/mol. The van der Waals surface area contributed by atoms with Crippen LogP contribution in [-0.4, -0.2) is 11.3 Å². The molecule has 6 heteroatoms. The number of alkyl halides is 3. The molecule has 1 nitrogen and oxygen atoms in total. The van der Waals surface area contributed by atoms with Gasteiger partial charge < -0.3 is 5.11 Å². The Labute approximate surface area is 114 Å². The molecule has 0 aliphatic carbocycles. The summed E-state index contributed by atoms with van der Waals surface area (Å²) < 4.78 is 40.2. The van der Waals surface area contributed by atoms with Crippen molar-refractivity contribution in [2.45, 2.75) is 11.8 Å². The van der Waals surface area contributed by atoms with Crippen LogP contribution in [0.2, 0.25) is 0 Å². The Kier molecular flexibility index (Phi) is 3.53. The van der Waals surface area contributed by atoms with Gasteiger partial charge in [0, 0.05) is 9.35 Å². The predicted molar refractivity (Wildman–Crippen MR) is 67.5 cm³/mol. The highest BCUT2D eigenvalue weighted by Gasteiger charge is 2.57. The third kappa shape index (κ3) is 2.20. The summed E-state index contributed by atoms with van der Waals surface area (Å²) in [5, 5.41) is 11.7. The smallest absolute Gasteiger partial charge is 0.372 e. The molecule has 2 rings (SSSR count). The van der Waals surface area contributed by atoms with Gasteiger partial charge in [0.15, 0.2) is 0 Å². The first-order valence-corrected chi connectivity index (χ1v) is 6.62. The third-order valence-electron chi connectivity index (χ3n) is 2.53. The van der Waals surface area contributed by atoms with Crippen LogP contribution >= 0.6 is 27.3 Å². The van der Waals surface area contributed by atoms with Crippen molar-refractivity contribution in [3.63, 3.8) is 0 Å². The first-order chi connectivity index (χ1) is 8.35. The quantitative estimate of drug-likeness (QED) is 0.866. The molecule has 0 saturated heterocycles. The highest BCUT2D eigenvalue weighted by Crippen LogP contribution is 2.46. The minimum Gasteiger partial charge on any atom is -0.372 e. The molecule has 0 aliphatic heterocycles. The molecule has 0 radical (unpaired) electrons.